The van der Waals surface area contributed by atoms with Crippen molar-refractivity contribution in [2.45, 2.75) is 6.54 Å². The van der Waals surface area contributed by atoms with Crippen molar-refractivity contribution in [2.75, 3.05) is 24.4 Å². The summed E-state index contributed by atoms with van der Waals surface area (Å²) in [5.41, 5.74) is 2.52. The molecule has 1 aromatic heterocycles. The predicted octanol–water partition coefficient (Wildman–Crippen LogP) is 6.88. The van der Waals surface area contributed by atoms with Crippen molar-refractivity contribution < 1.29 is 14.3 Å². The number of amides is 1. The molecular weight excluding hydrogens is 479 g/mol. The minimum atomic E-state index is -0.524. The maximum atomic E-state index is 13.4. The van der Waals surface area contributed by atoms with Crippen molar-refractivity contribution in [3.63, 3.8) is 0 Å². The maximum Gasteiger partial charge on any atom is 0.339 e. The number of carbonyl (C=O) groups excluding carboxylic acids is 2. The Bertz CT molecular complexity index is 1340. The Balaban J connectivity index is 1.66. The van der Waals surface area contributed by atoms with Crippen molar-refractivity contribution in [1.29, 1.82) is 0 Å². The number of rotatable bonds is 6. The smallest absolute Gasteiger partial charge is 0.339 e. The van der Waals surface area contributed by atoms with Crippen LogP contribution in [0, 0.1) is 0 Å². The number of methoxy groups -OCH3 is 1. The zero-order chi connectivity index (χ0) is 23.5. The molecule has 0 fully saturated rings. The van der Waals surface area contributed by atoms with E-state index in [1.807, 2.05) is 42.5 Å². The molecule has 0 aliphatic carbocycles. The molecule has 0 aliphatic heterocycles. The van der Waals surface area contributed by atoms with E-state index < -0.39 is 5.97 Å². The van der Waals surface area contributed by atoms with E-state index in [0.717, 1.165) is 21.3 Å². The average Bonchev–Trinajstić information content (AvgIpc) is 3.18. The van der Waals surface area contributed by atoms with E-state index in [1.54, 1.807) is 31.3 Å². The topological polar surface area (TPSA) is 58.6 Å². The fraction of sp³-hybridized carbons (Fsp3) is 0.120. The van der Waals surface area contributed by atoms with Gasteiger partial charge < -0.3 is 15.0 Å². The van der Waals surface area contributed by atoms with Gasteiger partial charge in [0.2, 0.25) is 0 Å². The highest BCUT2D eigenvalue weighted by Crippen LogP contribution is 2.37. The Morgan fingerprint density at radius 3 is 2.45 bits per heavy atom. The zero-order valence-corrected chi connectivity index (χ0v) is 20.2. The molecule has 33 heavy (non-hydrogen) atoms. The third-order valence-electron chi connectivity index (χ3n) is 5.20. The van der Waals surface area contributed by atoms with Gasteiger partial charge in [0.15, 0.2) is 0 Å². The minimum Gasteiger partial charge on any atom is -0.465 e. The van der Waals surface area contributed by atoms with Gasteiger partial charge in [0, 0.05) is 34.4 Å². The lowest BCUT2D eigenvalue weighted by molar-refractivity contribution is 0.0601. The van der Waals surface area contributed by atoms with Crippen molar-refractivity contribution in [2.24, 2.45) is 0 Å². The molecule has 0 radical (unpaired) electrons. The van der Waals surface area contributed by atoms with E-state index in [9.17, 15) is 9.59 Å². The van der Waals surface area contributed by atoms with Gasteiger partial charge in [-0.3, -0.25) is 4.79 Å². The summed E-state index contributed by atoms with van der Waals surface area (Å²) in [6.45, 7) is 0.488. The average molecular weight is 499 g/mol. The maximum absolute atomic E-state index is 13.4. The van der Waals surface area contributed by atoms with E-state index in [4.69, 9.17) is 27.9 Å². The second-order valence-electron chi connectivity index (χ2n) is 7.31. The van der Waals surface area contributed by atoms with Crippen LogP contribution in [0.4, 0.5) is 11.4 Å². The summed E-state index contributed by atoms with van der Waals surface area (Å²) in [6, 6.07) is 20.2. The molecule has 168 valence electrons. The third kappa shape index (κ3) is 4.83. The first-order valence-corrected chi connectivity index (χ1v) is 11.6. The summed E-state index contributed by atoms with van der Waals surface area (Å²) >= 11 is 13.8. The Morgan fingerprint density at radius 2 is 1.76 bits per heavy atom. The third-order valence-corrected chi connectivity index (χ3v) is 7.12. The van der Waals surface area contributed by atoms with E-state index in [1.165, 1.54) is 23.3 Å². The highest BCUT2D eigenvalue weighted by Gasteiger charge is 2.25. The van der Waals surface area contributed by atoms with Crippen LogP contribution in [0.1, 0.15) is 25.6 Å². The number of hydrogen-bond acceptors (Lipinski definition) is 5. The number of fused-ring (bicyclic) bond motifs is 1. The van der Waals surface area contributed by atoms with Crippen LogP contribution in [0.15, 0.2) is 66.7 Å². The molecule has 3 aromatic carbocycles. The van der Waals surface area contributed by atoms with Gasteiger partial charge in [0.25, 0.3) is 5.91 Å². The first kappa shape index (κ1) is 23.1. The summed E-state index contributed by atoms with van der Waals surface area (Å²) in [5.74, 6) is -0.821. The van der Waals surface area contributed by atoms with Gasteiger partial charge in [-0.15, -0.1) is 11.3 Å². The molecule has 4 aromatic rings. The van der Waals surface area contributed by atoms with Gasteiger partial charge in [-0.2, -0.15) is 0 Å². The first-order valence-electron chi connectivity index (χ1n) is 10.0. The summed E-state index contributed by atoms with van der Waals surface area (Å²) in [6.07, 6.45) is 0. The molecule has 0 saturated heterocycles. The Labute approximate surface area is 205 Å². The highest BCUT2D eigenvalue weighted by atomic mass is 35.5. The van der Waals surface area contributed by atoms with E-state index in [-0.39, 0.29) is 5.91 Å². The van der Waals surface area contributed by atoms with Crippen LogP contribution in [0.3, 0.4) is 0 Å². The van der Waals surface area contributed by atoms with Crippen molar-refractivity contribution in [3.05, 3.63) is 92.8 Å². The predicted molar refractivity (Wildman–Crippen MR) is 136 cm³/mol. The van der Waals surface area contributed by atoms with Crippen LogP contribution >= 0.6 is 34.5 Å². The van der Waals surface area contributed by atoms with Crippen LogP contribution < -0.4 is 10.2 Å². The molecule has 0 atom stereocenters. The number of esters is 1. The molecule has 0 spiro atoms. The summed E-state index contributed by atoms with van der Waals surface area (Å²) < 4.78 is 5.86. The Hall–Kier alpha value is -3.06. The number of thiophene rings is 1. The molecule has 0 saturated carbocycles. The van der Waals surface area contributed by atoms with E-state index in [0.29, 0.717) is 32.7 Å². The number of anilines is 2. The number of ether oxygens (including phenoxy) is 1. The van der Waals surface area contributed by atoms with Crippen LogP contribution in [0.5, 0.6) is 0 Å². The molecule has 0 unspecified atom stereocenters. The number of nitrogens with one attached hydrogen (secondary N) is 1. The van der Waals surface area contributed by atoms with Crippen LogP contribution in [-0.4, -0.2) is 26.0 Å². The monoisotopic (exact) mass is 498 g/mol. The Morgan fingerprint density at radius 1 is 1.03 bits per heavy atom. The van der Waals surface area contributed by atoms with Crippen LogP contribution in [0.25, 0.3) is 10.1 Å². The number of nitrogens with zero attached hydrogens (tertiary/aromatic N) is 1. The SMILES string of the molecule is COC(=O)c1ccc(CNc2ccc(Cl)cc2)cc1N(C)C(=O)c1sc2ccccc2c1Cl. The van der Waals surface area contributed by atoms with Crippen molar-refractivity contribution in [3.8, 4) is 0 Å². The molecule has 8 heteroatoms. The van der Waals surface area contributed by atoms with Gasteiger partial charge in [0.05, 0.1) is 23.4 Å². The lowest BCUT2D eigenvalue weighted by Crippen LogP contribution is -2.28. The molecule has 1 amide bonds. The fourth-order valence-corrected chi connectivity index (χ4v) is 5.05. The minimum absolute atomic E-state index is 0.292. The fourth-order valence-electron chi connectivity index (χ4n) is 3.43. The van der Waals surface area contributed by atoms with Crippen molar-refractivity contribution >= 4 is 67.9 Å². The number of benzene rings is 3. The quantitative estimate of drug-likeness (QED) is 0.294. The molecular formula is C25H20Cl2N2O3S. The van der Waals surface area contributed by atoms with Gasteiger partial charge in [-0.05, 0) is 48.0 Å². The molecule has 4 rings (SSSR count). The van der Waals surface area contributed by atoms with E-state index >= 15 is 0 Å². The lowest BCUT2D eigenvalue weighted by atomic mass is 10.1. The van der Waals surface area contributed by atoms with Crippen LogP contribution in [0.2, 0.25) is 10.0 Å². The number of halogens is 2. The molecule has 0 bridgehead atoms. The second-order valence-corrected chi connectivity index (χ2v) is 9.18. The summed E-state index contributed by atoms with van der Waals surface area (Å²) in [5, 5.41) is 5.20. The largest absolute Gasteiger partial charge is 0.465 e. The standard InChI is InChI=1S/C25H20Cl2N2O3S/c1-29(24(30)23-22(27)19-5-3-4-6-21(19)33-23)20-13-15(7-12-18(20)25(31)32-2)14-28-17-10-8-16(26)9-11-17/h3-13,28H,14H2,1-2H3. The first-order chi connectivity index (χ1) is 15.9. The van der Waals surface area contributed by atoms with Gasteiger partial charge in [0.1, 0.15) is 4.88 Å². The molecule has 1 N–H and O–H groups in total. The lowest BCUT2D eigenvalue weighted by Gasteiger charge is -2.21. The highest BCUT2D eigenvalue weighted by molar-refractivity contribution is 7.21. The molecule has 1 heterocycles. The second kappa shape index (κ2) is 9.83. The number of carbonyl (C=O) groups is 2. The van der Waals surface area contributed by atoms with Crippen LogP contribution in [-0.2, 0) is 11.3 Å². The summed E-state index contributed by atoms with van der Waals surface area (Å²) in [7, 11) is 2.94. The zero-order valence-electron chi connectivity index (χ0n) is 17.9. The number of hydrogen-bond donors (Lipinski definition) is 1. The van der Waals surface area contributed by atoms with Gasteiger partial charge >= 0.3 is 5.97 Å². The van der Waals surface area contributed by atoms with Crippen molar-refractivity contribution in [1.82, 2.24) is 0 Å². The van der Waals surface area contributed by atoms with Gasteiger partial charge in [-0.25, -0.2) is 4.79 Å². The molecule has 0 aliphatic rings. The summed E-state index contributed by atoms with van der Waals surface area (Å²) in [4.78, 5) is 27.7. The molecule has 5 nitrogen and oxygen atoms in total. The normalized spacial score (nSPS) is 10.8. The Kier molecular flexibility index (Phi) is 6.88. The van der Waals surface area contributed by atoms with E-state index in [2.05, 4.69) is 5.32 Å². The van der Waals surface area contributed by atoms with Gasteiger partial charge in [-0.1, -0.05) is 47.5 Å².